The molecule has 3 aliphatic rings. The molecular formula is C23H30FN5O2S. The first-order valence-electron chi connectivity index (χ1n) is 10.9. The average Bonchev–Trinajstić information content (AvgIpc) is 3.27. The van der Waals surface area contributed by atoms with Gasteiger partial charge in [-0.15, -0.1) is 0 Å². The van der Waals surface area contributed by atoms with Crippen molar-refractivity contribution < 1.29 is 13.9 Å². The molecular weight excluding hydrogens is 429 g/mol. The van der Waals surface area contributed by atoms with E-state index in [-0.39, 0.29) is 29.6 Å². The van der Waals surface area contributed by atoms with Gasteiger partial charge in [0.1, 0.15) is 22.4 Å². The topological polar surface area (TPSA) is 78.3 Å². The van der Waals surface area contributed by atoms with Gasteiger partial charge in [0.25, 0.3) is 0 Å². The van der Waals surface area contributed by atoms with Gasteiger partial charge in [-0.05, 0) is 36.6 Å². The lowest BCUT2D eigenvalue weighted by molar-refractivity contribution is -0.121. The van der Waals surface area contributed by atoms with Gasteiger partial charge in [0.05, 0.1) is 11.5 Å². The van der Waals surface area contributed by atoms with Crippen LogP contribution in [0.4, 0.5) is 10.1 Å². The molecule has 0 bridgehead atoms. The van der Waals surface area contributed by atoms with E-state index < -0.39 is 0 Å². The van der Waals surface area contributed by atoms with Crippen molar-refractivity contribution in [1.29, 1.82) is 0 Å². The summed E-state index contributed by atoms with van der Waals surface area (Å²) in [5, 5.41) is 7.85. The van der Waals surface area contributed by atoms with Gasteiger partial charge in [0.15, 0.2) is 0 Å². The molecule has 1 saturated heterocycles. The van der Waals surface area contributed by atoms with Crippen LogP contribution in [0.5, 0.6) is 0 Å². The Balaban J connectivity index is 1.60. The molecule has 1 aromatic carbocycles. The van der Waals surface area contributed by atoms with Gasteiger partial charge in [-0.25, -0.2) is 9.38 Å². The largest absolute Gasteiger partial charge is 0.381 e. The quantitative estimate of drug-likeness (QED) is 0.707. The maximum atomic E-state index is 13.9. The molecule has 0 spiro atoms. The Morgan fingerprint density at radius 1 is 1.38 bits per heavy atom. The molecule has 1 aromatic rings. The molecule has 9 heteroatoms. The number of ether oxygens (including phenoxy) is 1. The Morgan fingerprint density at radius 2 is 2.12 bits per heavy atom. The average molecular weight is 460 g/mol. The summed E-state index contributed by atoms with van der Waals surface area (Å²) >= 11 is 1.43. The number of hydrogen-bond acceptors (Lipinski definition) is 7. The third-order valence-electron chi connectivity index (χ3n) is 6.02. The number of halogens is 1. The molecule has 4 rings (SSSR count). The standard InChI is InChI=1S/C23H30FN5O2S/c1-23(2)13-29(17-6-5-14(24)11-16(17)23)21(25-3)20-22(26-4)32-19(28-20)12-18(30)27-15-7-9-31-10-8-15/h5-6,11,15,25H,7-10,12-13H2,1-4H3,(H,27,30)/b21-20-,26-22+. The van der Waals surface area contributed by atoms with Gasteiger partial charge in [0.2, 0.25) is 5.91 Å². The van der Waals surface area contributed by atoms with Crippen LogP contribution < -0.4 is 15.5 Å². The van der Waals surface area contributed by atoms with Crippen LogP contribution in [0, 0.1) is 5.82 Å². The molecule has 0 radical (unpaired) electrons. The Morgan fingerprint density at radius 3 is 2.81 bits per heavy atom. The lowest BCUT2D eigenvalue weighted by atomic mass is 9.87. The molecule has 3 aliphatic heterocycles. The summed E-state index contributed by atoms with van der Waals surface area (Å²) < 4.78 is 19.3. The molecule has 7 nitrogen and oxygen atoms in total. The number of hydrogen-bond donors (Lipinski definition) is 2. The molecule has 1 amide bonds. The number of carbonyl (C=O) groups is 1. The second-order valence-electron chi connectivity index (χ2n) is 8.85. The number of carbonyl (C=O) groups excluding carboxylic acids is 1. The smallest absolute Gasteiger partial charge is 0.226 e. The number of nitrogens with one attached hydrogen (secondary N) is 2. The molecule has 0 aromatic heterocycles. The van der Waals surface area contributed by atoms with Gasteiger partial charge in [0, 0.05) is 51.0 Å². The minimum Gasteiger partial charge on any atom is -0.381 e. The van der Waals surface area contributed by atoms with Crippen molar-refractivity contribution in [3.05, 3.63) is 41.1 Å². The molecule has 32 heavy (non-hydrogen) atoms. The van der Waals surface area contributed by atoms with Crippen LogP contribution in [-0.2, 0) is 14.9 Å². The number of nitrogens with zero attached hydrogens (tertiary/aromatic N) is 3. The highest BCUT2D eigenvalue weighted by Crippen LogP contribution is 2.43. The highest BCUT2D eigenvalue weighted by molar-refractivity contribution is 8.27. The van der Waals surface area contributed by atoms with E-state index in [1.807, 2.05) is 13.1 Å². The summed E-state index contributed by atoms with van der Waals surface area (Å²) in [7, 11) is 3.58. The van der Waals surface area contributed by atoms with E-state index in [2.05, 4.69) is 34.4 Å². The van der Waals surface area contributed by atoms with Crippen molar-refractivity contribution in [3.8, 4) is 0 Å². The van der Waals surface area contributed by atoms with Crippen molar-refractivity contribution >= 4 is 33.4 Å². The fraction of sp³-hybridized carbons (Fsp3) is 0.522. The monoisotopic (exact) mass is 459 g/mol. The number of fused-ring (bicyclic) bond motifs is 1. The third kappa shape index (κ3) is 4.54. The zero-order chi connectivity index (χ0) is 22.9. The first kappa shape index (κ1) is 22.8. The summed E-state index contributed by atoms with van der Waals surface area (Å²) in [5.74, 6) is 0.533. The first-order chi connectivity index (χ1) is 15.3. The molecule has 0 saturated carbocycles. The number of amides is 1. The minimum absolute atomic E-state index is 0.0333. The van der Waals surface area contributed by atoms with Crippen LogP contribution in [0.15, 0.2) is 39.7 Å². The zero-order valence-corrected chi connectivity index (χ0v) is 19.8. The van der Waals surface area contributed by atoms with E-state index in [4.69, 9.17) is 9.73 Å². The van der Waals surface area contributed by atoms with Gasteiger partial charge in [-0.3, -0.25) is 9.79 Å². The number of anilines is 1. The van der Waals surface area contributed by atoms with E-state index in [1.165, 1.54) is 17.8 Å². The van der Waals surface area contributed by atoms with Crippen molar-refractivity contribution in [1.82, 2.24) is 10.6 Å². The zero-order valence-electron chi connectivity index (χ0n) is 19.0. The minimum atomic E-state index is -0.236. The summed E-state index contributed by atoms with van der Waals surface area (Å²) in [5.41, 5.74) is 2.41. The Bertz CT molecular complexity index is 998. The number of benzene rings is 1. The van der Waals surface area contributed by atoms with Crippen LogP contribution in [0.3, 0.4) is 0 Å². The lowest BCUT2D eigenvalue weighted by Crippen LogP contribution is -2.39. The Labute approximate surface area is 192 Å². The number of rotatable bonds is 5. The van der Waals surface area contributed by atoms with Gasteiger partial charge in [-0.2, -0.15) is 0 Å². The van der Waals surface area contributed by atoms with Crippen molar-refractivity contribution in [3.63, 3.8) is 0 Å². The van der Waals surface area contributed by atoms with Crippen LogP contribution in [0.2, 0.25) is 0 Å². The first-order valence-corrected chi connectivity index (χ1v) is 11.7. The summed E-state index contributed by atoms with van der Waals surface area (Å²) in [6, 6.07) is 5.07. The Hall–Kier alpha value is -2.39. The summed E-state index contributed by atoms with van der Waals surface area (Å²) in [6.07, 6.45) is 1.90. The Kier molecular flexibility index (Phi) is 6.57. The van der Waals surface area contributed by atoms with Gasteiger partial charge < -0.3 is 20.3 Å². The second-order valence-corrected chi connectivity index (χ2v) is 9.91. The molecule has 0 atom stereocenters. The normalized spacial score (nSPS) is 23.2. The fourth-order valence-electron chi connectivity index (χ4n) is 4.43. The van der Waals surface area contributed by atoms with Crippen LogP contribution in [0.25, 0.3) is 0 Å². The van der Waals surface area contributed by atoms with Crippen molar-refractivity contribution in [2.45, 2.75) is 44.6 Å². The van der Waals surface area contributed by atoms with Crippen molar-refractivity contribution in [2.75, 3.05) is 38.8 Å². The number of thioether (sulfide) groups is 1. The molecule has 2 N–H and O–H groups in total. The second kappa shape index (κ2) is 9.23. The molecule has 1 fully saturated rings. The molecule has 3 heterocycles. The third-order valence-corrected chi connectivity index (χ3v) is 7.06. The maximum absolute atomic E-state index is 13.9. The molecule has 0 aliphatic carbocycles. The van der Waals surface area contributed by atoms with Crippen molar-refractivity contribution in [2.24, 2.45) is 9.98 Å². The lowest BCUT2D eigenvalue weighted by Gasteiger charge is -2.25. The molecule has 172 valence electrons. The van der Waals surface area contributed by atoms with E-state index in [1.54, 1.807) is 13.1 Å². The van der Waals surface area contributed by atoms with E-state index in [9.17, 15) is 9.18 Å². The summed E-state index contributed by atoms with van der Waals surface area (Å²) in [4.78, 5) is 23.9. The fourth-order valence-corrected chi connectivity index (χ4v) is 5.32. The summed E-state index contributed by atoms with van der Waals surface area (Å²) in [6.45, 7) is 6.27. The van der Waals surface area contributed by atoms with Crippen LogP contribution >= 0.6 is 11.8 Å². The van der Waals surface area contributed by atoms with Gasteiger partial charge >= 0.3 is 0 Å². The van der Waals surface area contributed by atoms with E-state index in [0.29, 0.717) is 25.5 Å². The SMILES string of the molecule is C/N=C1/SC(CC(=O)NC2CCOCC2)=N/C1=C(/NC)N1CC(C)(C)c2cc(F)ccc21. The van der Waals surface area contributed by atoms with Crippen LogP contribution in [-0.4, -0.2) is 55.9 Å². The molecule has 0 unspecified atom stereocenters. The van der Waals surface area contributed by atoms with E-state index in [0.717, 1.165) is 40.0 Å². The van der Waals surface area contributed by atoms with Gasteiger partial charge in [-0.1, -0.05) is 25.6 Å². The van der Waals surface area contributed by atoms with Crippen LogP contribution in [0.1, 0.15) is 38.7 Å². The predicted octanol–water partition coefficient (Wildman–Crippen LogP) is 3.17. The van der Waals surface area contributed by atoms with E-state index >= 15 is 0 Å². The number of aliphatic imine (C=N–C) groups is 2. The maximum Gasteiger partial charge on any atom is 0.226 e. The highest BCUT2D eigenvalue weighted by Gasteiger charge is 2.39. The predicted molar refractivity (Wildman–Crippen MR) is 128 cm³/mol. The highest BCUT2D eigenvalue weighted by atomic mass is 32.2.